The smallest absolute Gasteiger partial charge is 0.408 e. The molecule has 0 aliphatic heterocycles. The van der Waals surface area contributed by atoms with Crippen molar-refractivity contribution in [3.8, 4) is 0 Å². The highest BCUT2D eigenvalue weighted by Crippen LogP contribution is 2.17. The molecule has 6 heteroatoms. The molecule has 0 aromatic heterocycles. The Morgan fingerprint density at radius 1 is 1.28 bits per heavy atom. The maximum atomic E-state index is 13.3. The molecule has 2 N–H and O–H groups in total. The van der Waals surface area contributed by atoms with Crippen molar-refractivity contribution in [1.82, 2.24) is 5.32 Å². The van der Waals surface area contributed by atoms with Crippen LogP contribution in [0.5, 0.6) is 0 Å². The molecule has 0 spiro atoms. The summed E-state index contributed by atoms with van der Waals surface area (Å²) in [4.78, 5) is 22.3. The Kier molecular flexibility index (Phi) is 5.57. The number of aliphatic carboxylic acids is 1. The van der Waals surface area contributed by atoms with E-state index in [-0.39, 0.29) is 12.8 Å². The average molecular weight is 263 g/mol. The second-order valence-electron chi connectivity index (χ2n) is 5.79. The van der Waals surface area contributed by atoms with Crippen molar-refractivity contribution < 1.29 is 23.8 Å². The Morgan fingerprint density at radius 3 is 2.11 bits per heavy atom. The van der Waals surface area contributed by atoms with Crippen LogP contribution in [0.1, 0.15) is 47.5 Å². The van der Waals surface area contributed by atoms with Gasteiger partial charge >= 0.3 is 12.1 Å². The number of nitrogens with one attached hydrogen (secondary N) is 1. The van der Waals surface area contributed by atoms with E-state index in [1.165, 1.54) is 13.8 Å². The fraction of sp³-hybridized carbons (Fsp3) is 0.833. The van der Waals surface area contributed by atoms with Gasteiger partial charge in [0.05, 0.1) is 0 Å². The van der Waals surface area contributed by atoms with Gasteiger partial charge in [-0.2, -0.15) is 0 Å². The Bertz CT molecular complexity index is 304. The minimum Gasteiger partial charge on any atom is -0.480 e. The zero-order valence-corrected chi connectivity index (χ0v) is 11.5. The molecule has 0 saturated carbocycles. The molecule has 5 nitrogen and oxygen atoms in total. The molecule has 0 aliphatic rings. The Morgan fingerprint density at radius 2 is 1.78 bits per heavy atom. The Labute approximate surface area is 107 Å². The van der Waals surface area contributed by atoms with E-state index in [0.29, 0.717) is 0 Å². The lowest BCUT2D eigenvalue weighted by Crippen LogP contribution is -2.44. The van der Waals surface area contributed by atoms with Gasteiger partial charge < -0.3 is 15.2 Å². The maximum absolute atomic E-state index is 13.3. The monoisotopic (exact) mass is 263 g/mol. The van der Waals surface area contributed by atoms with Gasteiger partial charge in [0.1, 0.15) is 17.3 Å². The number of hydrogen-bond donors (Lipinski definition) is 2. The van der Waals surface area contributed by atoms with Crippen LogP contribution in [-0.2, 0) is 9.53 Å². The zero-order valence-electron chi connectivity index (χ0n) is 11.5. The predicted octanol–water partition coefficient (Wildman–Crippen LogP) is 2.49. The summed E-state index contributed by atoms with van der Waals surface area (Å²) in [6.45, 7) is 7.74. The van der Waals surface area contributed by atoms with Crippen molar-refractivity contribution in [2.45, 2.75) is 64.8 Å². The second-order valence-corrected chi connectivity index (χ2v) is 5.79. The van der Waals surface area contributed by atoms with Crippen LogP contribution in [-0.4, -0.2) is 34.5 Å². The first-order chi connectivity index (χ1) is 7.91. The molecule has 0 aromatic rings. The highest BCUT2D eigenvalue weighted by atomic mass is 19.1. The molecule has 1 unspecified atom stereocenters. The fourth-order valence-corrected chi connectivity index (χ4v) is 1.19. The van der Waals surface area contributed by atoms with Crippen LogP contribution in [0.15, 0.2) is 0 Å². The van der Waals surface area contributed by atoms with Gasteiger partial charge in [-0.15, -0.1) is 0 Å². The predicted molar refractivity (Wildman–Crippen MR) is 65.2 cm³/mol. The van der Waals surface area contributed by atoms with E-state index < -0.39 is 29.4 Å². The molecule has 18 heavy (non-hydrogen) atoms. The first kappa shape index (κ1) is 16.7. The van der Waals surface area contributed by atoms with Crippen LogP contribution in [0.3, 0.4) is 0 Å². The number of amides is 1. The molecule has 0 aliphatic carbocycles. The van der Waals surface area contributed by atoms with E-state index in [2.05, 4.69) is 5.32 Å². The highest BCUT2D eigenvalue weighted by Gasteiger charge is 2.26. The van der Waals surface area contributed by atoms with Crippen LogP contribution in [0.25, 0.3) is 0 Å². The topological polar surface area (TPSA) is 75.6 Å². The zero-order chi connectivity index (χ0) is 14.6. The number of hydrogen-bond acceptors (Lipinski definition) is 3. The van der Waals surface area contributed by atoms with Crippen LogP contribution < -0.4 is 5.32 Å². The van der Waals surface area contributed by atoms with Crippen LogP contribution in [0, 0.1) is 0 Å². The number of carbonyl (C=O) groups is 2. The first-order valence-corrected chi connectivity index (χ1v) is 5.82. The van der Waals surface area contributed by atoms with Gasteiger partial charge in [-0.1, -0.05) is 0 Å². The Balaban J connectivity index is 4.37. The molecule has 0 fully saturated rings. The van der Waals surface area contributed by atoms with Crippen molar-refractivity contribution in [1.29, 1.82) is 0 Å². The number of carbonyl (C=O) groups excluding carboxylic acids is 1. The summed E-state index contributed by atoms with van der Waals surface area (Å²) in [5.41, 5.74) is -2.17. The van der Waals surface area contributed by atoms with E-state index in [1.807, 2.05) is 0 Å². The quantitative estimate of drug-likeness (QED) is 0.799. The SMILES string of the molecule is CC(C)(F)CCC(NC(=O)OC(C)(C)C)C(=O)O. The minimum atomic E-state index is -1.47. The molecule has 0 rings (SSSR count). The van der Waals surface area contributed by atoms with E-state index in [0.717, 1.165) is 0 Å². The fourth-order valence-electron chi connectivity index (χ4n) is 1.19. The molecule has 0 saturated heterocycles. The molecule has 106 valence electrons. The lowest BCUT2D eigenvalue weighted by atomic mass is 10.0. The standard InChI is InChI=1S/C12H22FNO4/c1-11(2,3)18-10(17)14-8(9(15)16)6-7-12(4,5)13/h8H,6-7H2,1-5H3,(H,14,17)(H,15,16). The van der Waals surface area contributed by atoms with E-state index in [9.17, 15) is 14.0 Å². The number of carboxylic acids is 1. The van der Waals surface area contributed by atoms with Crippen molar-refractivity contribution in [2.24, 2.45) is 0 Å². The number of carboxylic acid groups (broad SMARTS) is 1. The third-order valence-electron chi connectivity index (χ3n) is 2.02. The second kappa shape index (κ2) is 6.02. The van der Waals surface area contributed by atoms with E-state index >= 15 is 0 Å². The maximum Gasteiger partial charge on any atom is 0.408 e. The van der Waals surface area contributed by atoms with Crippen LogP contribution >= 0.6 is 0 Å². The number of ether oxygens (including phenoxy) is 1. The third-order valence-corrected chi connectivity index (χ3v) is 2.02. The molecule has 0 radical (unpaired) electrons. The van der Waals surface area contributed by atoms with Gasteiger partial charge in [0.2, 0.25) is 0 Å². The summed E-state index contributed by atoms with van der Waals surface area (Å²) in [6.07, 6.45) is -0.760. The van der Waals surface area contributed by atoms with E-state index in [1.54, 1.807) is 20.8 Å². The summed E-state index contributed by atoms with van der Waals surface area (Å²) in [5, 5.41) is 11.1. The first-order valence-electron chi connectivity index (χ1n) is 5.82. The minimum absolute atomic E-state index is 0.0120. The lowest BCUT2D eigenvalue weighted by molar-refractivity contribution is -0.139. The Hall–Kier alpha value is -1.33. The van der Waals surface area contributed by atoms with Crippen molar-refractivity contribution >= 4 is 12.1 Å². The normalized spacial score (nSPS) is 13.9. The van der Waals surface area contributed by atoms with E-state index in [4.69, 9.17) is 9.84 Å². The van der Waals surface area contributed by atoms with Crippen molar-refractivity contribution in [3.05, 3.63) is 0 Å². The van der Waals surface area contributed by atoms with Crippen LogP contribution in [0.2, 0.25) is 0 Å². The summed E-state index contributed by atoms with van der Waals surface area (Å²) < 4.78 is 18.2. The number of halogens is 1. The summed E-state index contributed by atoms with van der Waals surface area (Å²) in [5.74, 6) is -1.20. The summed E-state index contributed by atoms with van der Waals surface area (Å²) in [6, 6.07) is -1.14. The van der Waals surface area contributed by atoms with Gasteiger partial charge in [0.15, 0.2) is 0 Å². The summed E-state index contributed by atoms with van der Waals surface area (Å²) in [7, 11) is 0. The van der Waals surface area contributed by atoms with Crippen molar-refractivity contribution in [2.75, 3.05) is 0 Å². The third kappa shape index (κ3) is 8.78. The van der Waals surface area contributed by atoms with Gasteiger partial charge in [-0.05, 0) is 47.5 Å². The van der Waals surface area contributed by atoms with Crippen molar-refractivity contribution in [3.63, 3.8) is 0 Å². The largest absolute Gasteiger partial charge is 0.480 e. The molecular weight excluding hydrogens is 241 g/mol. The molecule has 1 atom stereocenters. The highest BCUT2D eigenvalue weighted by molar-refractivity contribution is 5.79. The number of rotatable bonds is 5. The summed E-state index contributed by atoms with van der Waals surface area (Å²) >= 11 is 0. The van der Waals surface area contributed by atoms with Gasteiger partial charge in [-0.25, -0.2) is 14.0 Å². The number of alkyl carbamates (subject to hydrolysis) is 1. The lowest BCUT2D eigenvalue weighted by Gasteiger charge is -2.23. The molecule has 0 aromatic carbocycles. The molecular formula is C12H22FNO4. The van der Waals surface area contributed by atoms with Gasteiger partial charge in [0, 0.05) is 0 Å². The van der Waals surface area contributed by atoms with Gasteiger partial charge in [0.25, 0.3) is 0 Å². The molecule has 0 bridgehead atoms. The molecule has 0 heterocycles. The van der Waals surface area contributed by atoms with Gasteiger partial charge in [-0.3, -0.25) is 0 Å². The average Bonchev–Trinajstić information content (AvgIpc) is 2.06. The van der Waals surface area contributed by atoms with Crippen LogP contribution in [0.4, 0.5) is 9.18 Å². The number of alkyl halides is 1. The molecule has 1 amide bonds.